The van der Waals surface area contributed by atoms with Gasteiger partial charge < -0.3 is 25.0 Å². The van der Waals surface area contributed by atoms with Gasteiger partial charge in [0, 0.05) is 48.6 Å². The van der Waals surface area contributed by atoms with Crippen LogP contribution in [0.2, 0.25) is 0 Å². The molecular weight excluding hydrogens is 537 g/mol. The lowest BCUT2D eigenvalue weighted by molar-refractivity contribution is 0.183. The minimum atomic E-state index is -2.08. The smallest absolute Gasteiger partial charge is 0.319 e. The number of rotatable bonds is 8. The molecule has 220 valence electrons. The Bertz CT molecular complexity index is 1840. The molecular formula is C31H36FN7O3. The van der Waals surface area contributed by atoms with Crippen LogP contribution in [-0.4, -0.2) is 82.1 Å². The number of ether oxygens (including phenoxy) is 1. The Morgan fingerprint density at radius 3 is 2.76 bits per heavy atom. The van der Waals surface area contributed by atoms with Crippen molar-refractivity contribution in [1.82, 2.24) is 30.0 Å². The molecule has 3 saturated heterocycles. The topological polar surface area (TPSA) is 109 Å². The molecule has 5 heterocycles. The van der Waals surface area contributed by atoms with Gasteiger partial charge in [-0.15, -0.1) is 0 Å². The zero-order valence-corrected chi connectivity index (χ0v) is 24.0. The van der Waals surface area contributed by atoms with Crippen LogP contribution in [0.4, 0.5) is 10.2 Å². The van der Waals surface area contributed by atoms with Gasteiger partial charge >= 0.3 is 6.01 Å². The molecule has 2 aromatic heterocycles. The summed E-state index contributed by atoms with van der Waals surface area (Å²) in [6.45, 7) is 1.69. The quantitative estimate of drug-likeness (QED) is 0.327. The number of piperazine rings is 1. The average Bonchev–Trinajstić information content (AvgIpc) is 3.78. The van der Waals surface area contributed by atoms with Gasteiger partial charge in [-0.2, -0.15) is 19.7 Å². The number of aromatic nitrogens is 4. The first kappa shape index (κ1) is 24.7. The van der Waals surface area contributed by atoms with Gasteiger partial charge in [0.05, 0.1) is 26.6 Å². The largest absolute Gasteiger partial charge is 0.508 e. The molecule has 0 radical (unpaired) electrons. The molecule has 4 fully saturated rings. The van der Waals surface area contributed by atoms with Crippen LogP contribution in [0, 0.1) is 11.2 Å². The molecule has 2 bridgehead atoms. The Labute approximate surface area is 245 Å². The molecule has 2 N–H and O–H groups in total. The first-order valence-corrected chi connectivity index (χ1v) is 14.6. The summed E-state index contributed by atoms with van der Waals surface area (Å²) < 4.78 is 39.8. The summed E-state index contributed by atoms with van der Waals surface area (Å²) >= 11 is 0. The van der Waals surface area contributed by atoms with E-state index in [1.807, 2.05) is 25.9 Å². The predicted molar refractivity (Wildman–Crippen MR) is 159 cm³/mol. The van der Waals surface area contributed by atoms with E-state index in [-0.39, 0.29) is 35.0 Å². The fourth-order valence-corrected chi connectivity index (χ4v) is 6.58. The van der Waals surface area contributed by atoms with Crippen LogP contribution < -0.4 is 20.5 Å². The summed E-state index contributed by atoms with van der Waals surface area (Å²) in [5.41, 5.74) is -0.675. The minimum Gasteiger partial charge on any atom is -0.508 e. The molecule has 1 saturated carbocycles. The summed E-state index contributed by atoms with van der Waals surface area (Å²) in [7, 11) is 3.80. The van der Waals surface area contributed by atoms with Gasteiger partial charge in [-0.05, 0) is 69.3 Å². The molecule has 2 unspecified atom stereocenters. The Kier molecular flexibility index (Phi) is 5.99. The van der Waals surface area contributed by atoms with Gasteiger partial charge in [0.15, 0.2) is 0 Å². The zero-order chi connectivity index (χ0) is 31.0. The van der Waals surface area contributed by atoms with E-state index in [4.69, 9.17) is 12.5 Å². The SMILES string of the molecule is [2H]C([2H])(Oc1nc(N2CC3CCC2CN3)c2cnn(-c3cc(O)cc4ccc(F)c(CC)c34)c(=O)c2n1)C1(CN(C)C)CC1. The molecule has 4 aliphatic rings. The zero-order valence-electron chi connectivity index (χ0n) is 26.0. The molecule has 10 nitrogen and oxygen atoms in total. The van der Waals surface area contributed by atoms with E-state index >= 15 is 0 Å². The third-order valence-corrected chi connectivity index (χ3v) is 8.77. The number of hydrogen-bond acceptors (Lipinski definition) is 9. The molecule has 1 aliphatic carbocycles. The number of aryl methyl sites for hydroxylation is 1. The highest BCUT2D eigenvalue weighted by Crippen LogP contribution is 2.46. The highest BCUT2D eigenvalue weighted by Gasteiger charge is 2.44. The molecule has 42 heavy (non-hydrogen) atoms. The van der Waals surface area contributed by atoms with Gasteiger partial charge in [0.2, 0.25) is 0 Å². The standard InChI is InChI=1S/C31H36FN7O3/c1-4-22-24(32)8-5-18-11-21(40)12-25(26(18)22)39-29(41)27-23(14-34-39)28(38-15-19-6-7-20(38)13-33-19)36-30(35-27)42-17-31(9-10-31)16-37(2)3/h5,8,11-12,14,19-20,33,40H,4,6-7,9-10,13,15-17H2,1-3H3/i17D2. The second-order valence-electron chi connectivity index (χ2n) is 12.1. The van der Waals surface area contributed by atoms with E-state index in [9.17, 15) is 14.3 Å². The van der Waals surface area contributed by atoms with Crippen molar-refractivity contribution in [2.45, 2.75) is 51.1 Å². The maximum Gasteiger partial charge on any atom is 0.319 e. The lowest BCUT2D eigenvalue weighted by Gasteiger charge is -2.46. The molecule has 11 heteroatoms. The van der Waals surface area contributed by atoms with Crippen LogP contribution >= 0.6 is 0 Å². The van der Waals surface area contributed by atoms with Crippen LogP contribution in [0.3, 0.4) is 0 Å². The number of halogens is 1. The number of nitrogens with zero attached hydrogens (tertiary/aromatic N) is 6. The maximum absolute atomic E-state index is 14.9. The van der Waals surface area contributed by atoms with Crippen molar-refractivity contribution in [3.05, 3.63) is 52.2 Å². The number of fused-ring (bicyclic) bond motifs is 5. The lowest BCUT2D eigenvalue weighted by atomic mass is 9.93. The van der Waals surface area contributed by atoms with Crippen molar-refractivity contribution in [1.29, 1.82) is 0 Å². The number of benzene rings is 2. The first-order chi connectivity index (χ1) is 21.0. The van der Waals surface area contributed by atoms with E-state index in [0.717, 1.165) is 24.1 Å². The number of piperidine rings is 2. The maximum atomic E-state index is 14.9. The van der Waals surface area contributed by atoms with Gasteiger partial charge in [-0.1, -0.05) is 13.0 Å². The minimum absolute atomic E-state index is 0.00797. The van der Waals surface area contributed by atoms with Crippen molar-refractivity contribution >= 4 is 27.5 Å². The molecule has 4 aromatic rings. The third kappa shape index (κ3) is 4.64. The monoisotopic (exact) mass is 575 g/mol. The van der Waals surface area contributed by atoms with Crippen LogP contribution in [0.15, 0.2) is 35.3 Å². The molecule has 0 spiro atoms. The predicted octanol–water partition coefficient (Wildman–Crippen LogP) is 3.40. The van der Waals surface area contributed by atoms with Gasteiger partial charge in [0.1, 0.15) is 22.9 Å². The van der Waals surface area contributed by atoms with Gasteiger partial charge in [-0.3, -0.25) is 4.79 Å². The third-order valence-electron chi connectivity index (χ3n) is 8.77. The number of aromatic hydroxyl groups is 1. The van der Waals surface area contributed by atoms with E-state index in [1.54, 1.807) is 6.07 Å². The number of phenolic OH excluding ortho intramolecular Hbond substituents is 1. The Balaban J connectivity index is 1.43. The molecule has 2 aromatic carbocycles. The Morgan fingerprint density at radius 2 is 2.10 bits per heavy atom. The van der Waals surface area contributed by atoms with Crippen molar-refractivity contribution in [2.24, 2.45) is 5.41 Å². The summed E-state index contributed by atoms with van der Waals surface area (Å²) in [6.07, 6.45) is 5.21. The van der Waals surface area contributed by atoms with Crippen molar-refractivity contribution < 1.29 is 17.0 Å². The highest BCUT2D eigenvalue weighted by molar-refractivity contribution is 5.95. The van der Waals surface area contributed by atoms with Gasteiger partial charge in [-0.25, -0.2) is 4.39 Å². The number of anilines is 1. The normalized spacial score (nSPS) is 22.1. The average molecular weight is 576 g/mol. The number of hydrogen-bond donors (Lipinski definition) is 2. The van der Waals surface area contributed by atoms with Crippen LogP contribution in [0.1, 0.15) is 40.9 Å². The molecule has 0 amide bonds. The second kappa shape index (κ2) is 10.2. The van der Waals surface area contributed by atoms with E-state index < -0.39 is 23.4 Å². The molecule has 3 aliphatic heterocycles. The Morgan fingerprint density at radius 1 is 1.26 bits per heavy atom. The summed E-state index contributed by atoms with van der Waals surface area (Å²) in [5.74, 6) is -0.0286. The van der Waals surface area contributed by atoms with E-state index in [1.165, 1.54) is 24.4 Å². The fraction of sp³-hybridized carbons (Fsp3) is 0.484. The number of phenols is 1. The lowest BCUT2D eigenvalue weighted by Crippen LogP contribution is -2.61. The van der Waals surface area contributed by atoms with E-state index in [0.29, 0.717) is 59.9 Å². The van der Waals surface area contributed by atoms with Crippen molar-refractivity contribution in [2.75, 3.05) is 45.2 Å². The van der Waals surface area contributed by atoms with E-state index in [2.05, 4.69) is 20.3 Å². The first-order valence-electron chi connectivity index (χ1n) is 15.6. The van der Waals surface area contributed by atoms with Crippen molar-refractivity contribution in [3.8, 4) is 17.4 Å². The highest BCUT2D eigenvalue weighted by atomic mass is 19.1. The second-order valence-corrected chi connectivity index (χ2v) is 12.1. The van der Waals surface area contributed by atoms with Crippen molar-refractivity contribution in [3.63, 3.8) is 0 Å². The summed E-state index contributed by atoms with van der Waals surface area (Å²) in [4.78, 5) is 27.6. The summed E-state index contributed by atoms with van der Waals surface area (Å²) in [5, 5.41) is 20.1. The van der Waals surface area contributed by atoms with Crippen LogP contribution in [0.25, 0.3) is 27.4 Å². The fourth-order valence-electron chi connectivity index (χ4n) is 6.58. The van der Waals surface area contributed by atoms with Gasteiger partial charge in [0.25, 0.3) is 5.56 Å². The summed E-state index contributed by atoms with van der Waals surface area (Å²) in [6, 6.07) is 6.03. The molecule has 2 atom stereocenters. The number of nitrogens with one attached hydrogen (secondary N) is 1. The molecule has 8 rings (SSSR count). The van der Waals surface area contributed by atoms with Crippen LogP contribution in [-0.2, 0) is 6.42 Å². The van der Waals surface area contributed by atoms with Crippen LogP contribution in [0.5, 0.6) is 11.8 Å². The Hall–Kier alpha value is -3.83.